The Hall–Kier alpha value is -1.58. The average Bonchev–Trinajstić information content (AvgIpc) is 2.41. The van der Waals surface area contributed by atoms with Crippen LogP contribution in [-0.4, -0.2) is 12.2 Å². The first kappa shape index (κ1) is 12.9. The van der Waals surface area contributed by atoms with Crippen LogP contribution in [0.5, 0.6) is 5.75 Å². The summed E-state index contributed by atoms with van der Waals surface area (Å²) in [7, 11) is 1.56. The zero-order valence-corrected chi connectivity index (χ0v) is 10.5. The topological polar surface area (TPSA) is 29.5 Å². The molecule has 0 aromatic heterocycles. The Labute approximate surface area is 110 Å². The molecular weight excluding hydrogens is 255 g/mol. The third-order valence-electron chi connectivity index (χ3n) is 2.68. The minimum atomic E-state index is -0.959. The SMILES string of the molecule is COc1ccc(C(O)c2cc(F)ccc2Cl)cc1. The van der Waals surface area contributed by atoms with E-state index in [1.165, 1.54) is 18.2 Å². The number of aliphatic hydroxyl groups excluding tert-OH is 1. The summed E-state index contributed by atoms with van der Waals surface area (Å²) in [5.41, 5.74) is 0.977. The Morgan fingerprint density at radius 3 is 2.44 bits per heavy atom. The maximum absolute atomic E-state index is 13.2. The van der Waals surface area contributed by atoms with Crippen LogP contribution in [0.3, 0.4) is 0 Å². The number of halogens is 2. The molecule has 2 aromatic rings. The fourth-order valence-corrected chi connectivity index (χ4v) is 1.91. The predicted octanol–water partition coefficient (Wildman–Crippen LogP) is 3.57. The van der Waals surface area contributed by atoms with Gasteiger partial charge < -0.3 is 9.84 Å². The monoisotopic (exact) mass is 266 g/mol. The van der Waals surface area contributed by atoms with Gasteiger partial charge in [-0.15, -0.1) is 0 Å². The molecule has 0 saturated carbocycles. The molecule has 0 fully saturated rings. The predicted molar refractivity (Wildman–Crippen MR) is 68.5 cm³/mol. The Balaban J connectivity index is 2.34. The summed E-state index contributed by atoms with van der Waals surface area (Å²) < 4.78 is 18.2. The van der Waals surface area contributed by atoms with Gasteiger partial charge in [-0.25, -0.2) is 4.39 Å². The zero-order chi connectivity index (χ0) is 13.1. The highest BCUT2D eigenvalue weighted by atomic mass is 35.5. The number of aliphatic hydroxyl groups is 1. The Morgan fingerprint density at radius 1 is 1.17 bits per heavy atom. The van der Waals surface area contributed by atoms with Crippen LogP contribution < -0.4 is 4.74 Å². The number of rotatable bonds is 3. The number of methoxy groups -OCH3 is 1. The van der Waals surface area contributed by atoms with Crippen LogP contribution in [0.4, 0.5) is 4.39 Å². The summed E-state index contributed by atoms with van der Waals surface area (Å²) in [5, 5.41) is 10.5. The first-order valence-corrected chi connectivity index (χ1v) is 5.76. The van der Waals surface area contributed by atoms with Crippen molar-refractivity contribution in [2.45, 2.75) is 6.10 Å². The number of benzene rings is 2. The van der Waals surface area contributed by atoms with Crippen LogP contribution in [0, 0.1) is 5.82 Å². The molecule has 0 spiro atoms. The van der Waals surface area contributed by atoms with Gasteiger partial charge in [0, 0.05) is 10.6 Å². The van der Waals surface area contributed by atoms with E-state index < -0.39 is 11.9 Å². The average molecular weight is 267 g/mol. The molecule has 0 radical (unpaired) electrons. The summed E-state index contributed by atoms with van der Waals surface area (Å²) >= 11 is 5.95. The molecule has 2 aromatic carbocycles. The van der Waals surface area contributed by atoms with E-state index in [1.54, 1.807) is 31.4 Å². The fraction of sp³-hybridized carbons (Fsp3) is 0.143. The first-order chi connectivity index (χ1) is 8.61. The maximum Gasteiger partial charge on any atom is 0.123 e. The highest BCUT2D eigenvalue weighted by molar-refractivity contribution is 6.31. The van der Waals surface area contributed by atoms with Crippen LogP contribution in [0.2, 0.25) is 5.02 Å². The van der Waals surface area contributed by atoms with E-state index in [9.17, 15) is 9.50 Å². The molecule has 0 bridgehead atoms. The smallest absolute Gasteiger partial charge is 0.123 e. The zero-order valence-electron chi connectivity index (χ0n) is 9.73. The molecule has 0 amide bonds. The van der Waals surface area contributed by atoms with Gasteiger partial charge in [0.25, 0.3) is 0 Å². The summed E-state index contributed by atoms with van der Waals surface area (Å²) in [6.45, 7) is 0. The Bertz CT molecular complexity index is 540. The van der Waals surface area contributed by atoms with Crippen LogP contribution in [0.15, 0.2) is 42.5 Å². The molecule has 1 N–H and O–H groups in total. The van der Waals surface area contributed by atoms with Gasteiger partial charge in [-0.3, -0.25) is 0 Å². The normalized spacial score (nSPS) is 12.2. The molecule has 2 rings (SSSR count). The van der Waals surface area contributed by atoms with Crippen LogP contribution >= 0.6 is 11.6 Å². The molecule has 0 aliphatic rings. The first-order valence-electron chi connectivity index (χ1n) is 5.39. The largest absolute Gasteiger partial charge is 0.497 e. The molecule has 0 aliphatic heterocycles. The minimum absolute atomic E-state index is 0.333. The highest BCUT2D eigenvalue weighted by Crippen LogP contribution is 2.29. The van der Waals surface area contributed by atoms with Crippen molar-refractivity contribution >= 4 is 11.6 Å². The molecular formula is C14H12ClFO2. The molecule has 2 nitrogen and oxygen atoms in total. The van der Waals surface area contributed by atoms with E-state index in [-0.39, 0.29) is 0 Å². The van der Waals surface area contributed by atoms with Crippen molar-refractivity contribution in [2.75, 3.05) is 7.11 Å². The van der Waals surface area contributed by atoms with Gasteiger partial charge >= 0.3 is 0 Å². The lowest BCUT2D eigenvalue weighted by molar-refractivity contribution is 0.220. The van der Waals surface area contributed by atoms with Gasteiger partial charge in [-0.1, -0.05) is 23.7 Å². The van der Waals surface area contributed by atoms with E-state index in [0.29, 0.717) is 21.9 Å². The third-order valence-corrected chi connectivity index (χ3v) is 3.03. The van der Waals surface area contributed by atoms with Gasteiger partial charge in [0.15, 0.2) is 0 Å². The maximum atomic E-state index is 13.2. The summed E-state index contributed by atoms with van der Waals surface area (Å²) in [6.07, 6.45) is -0.959. The second-order valence-corrected chi connectivity index (χ2v) is 4.25. The van der Waals surface area contributed by atoms with Crippen molar-refractivity contribution in [3.05, 3.63) is 64.4 Å². The molecule has 0 heterocycles. The second kappa shape index (κ2) is 5.38. The number of ether oxygens (including phenoxy) is 1. The molecule has 4 heteroatoms. The molecule has 0 saturated heterocycles. The molecule has 1 unspecified atom stereocenters. The molecule has 18 heavy (non-hydrogen) atoms. The number of hydrogen-bond donors (Lipinski definition) is 1. The van der Waals surface area contributed by atoms with Crippen molar-refractivity contribution < 1.29 is 14.2 Å². The Kier molecular flexibility index (Phi) is 3.84. The number of hydrogen-bond acceptors (Lipinski definition) is 2. The van der Waals surface area contributed by atoms with E-state index in [4.69, 9.17) is 16.3 Å². The standard InChI is InChI=1S/C14H12ClFO2/c1-18-11-5-2-9(3-6-11)14(17)12-8-10(16)4-7-13(12)15/h2-8,14,17H,1H3. The van der Waals surface area contributed by atoms with E-state index in [1.807, 2.05) is 0 Å². The van der Waals surface area contributed by atoms with Gasteiger partial charge in [-0.05, 0) is 35.9 Å². The van der Waals surface area contributed by atoms with Gasteiger partial charge in [0.1, 0.15) is 17.7 Å². The molecule has 94 valence electrons. The van der Waals surface area contributed by atoms with E-state index in [0.717, 1.165) is 0 Å². The summed E-state index contributed by atoms with van der Waals surface area (Å²) in [4.78, 5) is 0. The Morgan fingerprint density at radius 2 is 1.83 bits per heavy atom. The van der Waals surface area contributed by atoms with Crippen LogP contribution in [-0.2, 0) is 0 Å². The lowest BCUT2D eigenvalue weighted by atomic mass is 10.0. The molecule has 0 aliphatic carbocycles. The third kappa shape index (κ3) is 2.63. The van der Waals surface area contributed by atoms with Crippen molar-refractivity contribution in [2.24, 2.45) is 0 Å². The van der Waals surface area contributed by atoms with E-state index in [2.05, 4.69) is 0 Å². The highest BCUT2D eigenvalue weighted by Gasteiger charge is 2.14. The van der Waals surface area contributed by atoms with Crippen molar-refractivity contribution in [3.63, 3.8) is 0 Å². The van der Waals surface area contributed by atoms with Crippen LogP contribution in [0.25, 0.3) is 0 Å². The summed E-state index contributed by atoms with van der Waals surface area (Å²) in [6, 6.07) is 10.8. The van der Waals surface area contributed by atoms with Gasteiger partial charge in [0.05, 0.1) is 7.11 Å². The molecule has 1 atom stereocenters. The fourth-order valence-electron chi connectivity index (χ4n) is 1.69. The van der Waals surface area contributed by atoms with Crippen molar-refractivity contribution in [3.8, 4) is 5.75 Å². The van der Waals surface area contributed by atoms with E-state index >= 15 is 0 Å². The minimum Gasteiger partial charge on any atom is -0.497 e. The van der Waals surface area contributed by atoms with Crippen molar-refractivity contribution in [1.29, 1.82) is 0 Å². The quantitative estimate of drug-likeness (QED) is 0.920. The van der Waals surface area contributed by atoms with Gasteiger partial charge in [-0.2, -0.15) is 0 Å². The summed E-state index contributed by atoms with van der Waals surface area (Å²) in [5.74, 6) is 0.262. The lowest BCUT2D eigenvalue weighted by Crippen LogP contribution is -2.01. The second-order valence-electron chi connectivity index (χ2n) is 3.84. The van der Waals surface area contributed by atoms with Crippen molar-refractivity contribution in [1.82, 2.24) is 0 Å². The van der Waals surface area contributed by atoms with Gasteiger partial charge in [0.2, 0.25) is 0 Å². The van der Waals surface area contributed by atoms with Crippen LogP contribution in [0.1, 0.15) is 17.2 Å². The lowest BCUT2D eigenvalue weighted by Gasteiger charge is -2.13.